The van der Waals surface area contributed by atoms with Crippen LogP contribution in [0.2, 0.25) is 0 Å². The summed E-state index contributed by atoms with van der Waals surface area (Å²) in [4.78, 5) is 29.5. The third-order valence-electron chi connectivity index (χ3n) is 5.86. The largest absolute Gasteiger partial charge is 0.427 e. The molecule has 1 aromatic heterocycles. The van der Waals surface area contributed by atoms with Crippen LogP contribution in [0.4, 0.5) is 0 Å². The molecule has 0 spiro atoms. The second-order valence-electron chi connectivity index (χ2n) is 7.91. The Morgan fingerprint density at radius 2 is 1.83 bits per heavy atom. The van der Waals surface area contributed by atoms with Gasteiger partial charge in [0.15, 0.2) is 0 Å². The molecule has 2 aliphatic heterocycles. The number of benzene rings is 1. The number of aryl methyl sites for hydroxylation is 3. The highest BCUT2D eigenvalue weighted by atomic mass is 16.5. The highest BCUT2D eigenvalue weighted by Gasteiger charge is 2.37. The molecule has 0 N–H and O–H groups in total. The van der Waals surface area contributed by atoms with Crippen LogP contribution in [0.25, 0.3) is 0 Å². The highest BCUT2D eigenvalue weighted by Crippen LogP contribution is 2.20. The topological polar surface area (TPSA) is 63.0 Å². The monoisotopic (exact) mass is 396 g/mol. The summed E-state index contributed by atoms with van der Waals surface area (Å²) in [5.41, 5.74) is 1.64. The van der Waals surface area contributed by atoms with E-state index in [-0.39, 0.29) is 11.5 Å². The molecule has 0 bridgehead atoms. The number of hydrogen-bond acceptors (Lipinski definition) is 5. The van der Waals surface area contributed by atoms with Crippen LogP contribution in [0.5, 0.6) is 0 Å². The van der Waals surface area contributed by atoms with Crippen molar-refractivity contribution in [1.82, 2.24) is 9.80 Å². The molecule has 0 unspecified atom stereocenters. The number of hydrogen-bond donors (Lipinski definition) is 0. The summed E-state index contributed by atoms with van der Waals surface area (Å²) in [5, 5.41) is 0. The number of nitrogens with zero attached hydrogens (tertiary/aromatic N) is 2. The summed E-state index contributed by atoms with van der Waals surface area (Å²) in [6.45, 7) is 6.46. The van der Waals surface area contributed by atoms with E-state index in [1.54, 1.807) is 4.90 Å². The van der Waals surface area contributed by atoms with Crippen LogP contribution in [0.3, 0.4) is 0 Å². The molecule has 154 valence electrons. The second-order valence-corrected chi connectivity index (χ2v) is 7.91. The van der Waals surface area contributed by atoms with Crippen LogP contribution < -0.4 is 5.63 Å². The highest BCUT2D eigenvalue weighted by molar-refractivity contribution is 5.95. The van der Waals surface area contributed by atoms with Gasteiger partial charge in [0, 0.05) is 38.6 Å². The van der Waals surface area contributed by atoms with Gasteiger partial charge in [-0.25, -0.2) is 4.79 Å². The van der Waals surface area contributed by atoms with E-state index in [1.807, 2.05) is 31.2 Å². The molecule has 0 saturated carbocycles. The number of likely N-dealkylation sites (tertiary alicyclic amines) is 1. The maximum atomic E-state index is 12.8. The maximum Gasteiger partial charge on any atom is 0.349 e. The van der Waals surface area contributed by atoms with E-state index in [4.69, 9.17) is 9.15 Å². The Kier molecular flexibility index (Phi) is 6.11. The molecule has 2 aliphatic rings. The van der Waals surface area contributed by atoms with Gasteiger partial charge in [0.05, 0.1) is 13.2 Å². The van der Waals surface area contributed by atoms with Gasteiger partial charge in [0.25, 0.3) is 5.91 Å². The Morgan fingerprint density at radius 3 is 2.52 bits per heavy atom. The predicted octanol–water partition coefficient (Wildman–Crippen LogP) is 2.28. The van der Waals surface area contributed by atoms with Crippen molar-refractivity contribution in [2.45, 2.75) is 32.2 Å². The van der Waals surface area contributed by atoms with E-state index in [2.05, 4.69) is 17.0 Å². The van der Waals surface area contributed by atoms with Gasteiger partial charge >= 0.3 is 5.63 Å². The Bertz CT molecular complexity index is 897. The van der Waals surface area contributed by atoms with Crippen LogP contribution in [-0.2, 0) is 17.6 Å². The Morgan fingerprint density at radius 1 is 1.10 bits per heavy atom. The molecule has 0 radical (unpaired) electrons. The summed E-state index contributed by atoms with van der Waals surface area (Å²) >= 11 is 0. The van der Waals surface area contributed by atoms with E-state index < -0.39 is 5.63 Å². The van der Waals surface area contributed by atoms with Crippen molar-refractivity contribution < 1.29 is 13.9 Å². The van der Waals surface area contributed by atoms with E-state index in [0.717, 1.165) is 39.1 Å². The summed E-state index contributed by atoms with van der Waals surface area (Å²) in [7, 11) is 0. The fourth-order valence-electron chi connectivity index (χ4n) is 4.12. The normalized spacial score (nSPS) is 17.9. The standard InChI is InChI=1S/C23H28N2O4/c1-17-14-20(9-5-8-18-6-3-2-4-7-18)29-23(27)21(17)22(26)25-15-19(16-25)24-10-12-28-13-11-24/h2-4,6-7,14,19H,5,8-13,15-16H2,1H3. The molecular weight excluding hydrogens is 368 g/mol. The number of morpholine rings is 1. The van der Waals surface area contributed by atoms with E-state index in [0.29, 0.717) is 36.9 Å². The summed E-state index contributed by atoms with van der Waals surface area (Å²) < 4.78 is 10.9. The Hall–Kier alpha value is -2.44. The van der Waals surface area contributed by atoms with Gasteiger partial charge in [-0.1, -0.05) is 30.3 Å². The molecule has 3 heterocycles. The van der Waals surface area contributed by atoms with Crippen LogP contribution in [-0.4, -0.2) is 61.1 Å². The van der Waals surface area contributed by atoms with Gasteiger partial charge < -0.3 is 14.1 Å². The molecule has 4 rings (SSSR count). The van der Waals surface area contributed by atoms with Gasteiger partial charge in [-0.15, -0.1) is 0 Å². The number of rotatable bonds is 6. The Balaban J connectivity index is 1.34. The Labute approximate surface area is 171 Å². The summed E-state index contributed by atoms with van der Waals surface area (Å²) in [6.07, 6.45) is 2.51. The minimum absolute atomic E-state index is 0.178. The minimum Gasteiger partial charge on any atom is -0.427 e. The third-order valence-corrected chi connectivity index (χ3v) is 5.86. The molecule has 6 nitrogen and oxygen atoms in total. The van der Waals surface area contributed by atoms with Crippen molar-refractivity contribution >= 4 is 5.91 Å². The smallest absolute Gasteiger partial charge is 0.349 e. The van der Waals surface area contributed by atoms with Crippen molar-refractivity contribution in [3.05, 3.63) is 69.3 Å². The van der Waals surface area contributed by atoms with Gasteiger partial charge in [-0.3, -0.25) is 9.69 Å². The first kappa shape index (κ1) is 19.9. The summed E-state index contributed by atoms with van der Waals surface area (Å²) in [5.74, 6) is 0.436. The molecule has 0 atom stereocenters. The molecule has 0 aliphatic carbocycles. The van der Waals surface area contributed by atoms with Crippen LogP contribution in [0.15, 0.2) is 45.6 Å². The lowest BCUT2D eigenvalue weighted by Gasteiger charge is -2.46. The molecule has 2 aromatic rings. The maximum absolute atomic E-state index is 12.8. The first-order chi connectivity index (χ1) is 14.1. The second kappa shape index (κ2) is 8.93. The molecule has 6 heteroatoms. The molecular formula is C23H28N2O4. The SMILES string of the molecule is Cc1cc(CCCc2ccccc2)oc(=O)c1C(=O)N1CC(N2CCOCC2)C1. The quantitative estimate of drug-likeness (QED) is 0.750. The van der Waals surface area contributed by atoms with Crippen LogP contribution in [0.1, 0.15) is 33.7 Å². The van der Waals surface area contributed by atoms with Gasteiger partial charge in [0.1, 0.15) is 11.3 Å². The van der Waals surface area contributed by atoms with Crippen molar-refractivity contribution in [3.63, 3.8) is 0 Å². The zero-order chi connectivity index (χ0) is 20.2. The fraction of sp³-hybridized carbons (Fsp3) is 0.478. The molecule has 1 aromatic carbocycles. The zero-order valence-electron chi connectivity index (χ0n) is 16.9. The predicted molar refractivity (Wildman–Crippen MR) is 110 cm³/mol. The van der Waals surface area contributed by atoms with Gasteiger partial charge in [-0.05, 0) is 37.0 Å². The summed E-state index contributed by atoms with van der Waals surface area (Å²) in [6, 6.07) is 12.5. The number of amides is 1. The minimum atomic E-state index is -0.514. The van der Waals surface area contributed by atoms with E-state index in [9.17, 15) is 9.59 Å². The van der Waals surface area contributed by atoms with Crippen LogP contribution in [0, 0.1) is 6.92 Å². The lowest BCUT2D eigenvalue weighted by molar-refractivity contribution is -0.0257. The van der Waals surface area contributed by atoms with E-state index in [1.165, 1.54) is 5.56 Å². The average Bonchev–Trinajstić information content (AvgIpc) is 2.68. The lowest BCUT2D eigenvalue weighted by Crippen LogP contribution is -2.63. The number of carbonyl (C=O) groups is 1. The number of carbonyl (C=O) groups excluding carboxylic acids is 1. The molecule has 2 fully saturated rings. The van der Waals surface area contributed by atoms with E-state index >= 15 is 0 Å². The molecule has 2 saturated heterocycles. The molecule has 1 amide bonds. The fourth-order valence-corrected chi connectivity index (χ4v) is 4.12. The van der Waals surface area contributed by atoms with Crippen molar-refractivity contribution in [2.24, 2.45) is 0 Å². The first-order valence-corrected chi connectivity index (χ1v) is 10.4. The first-order valence-electron chi connectivity index (χ1n) is 10.4. The van der Waals surface area contributed by atoms with Crippen molar-refractivity contribution in [3.8, 4) is 0 Å². The average molecular weight is 396 g/mol. The molecule has 29 heavy (non-hydrogen) atoms. The van der Waals surface area contributed by atoms with Gasteiger partial charge in [-0.2, -0.15) is 0 Å². The third kappa shape index (κ3) is 4.60. The van der Waals surface area contributed by atoms with Gasteiger partial charge in [0.2, 0.25) is 0 Å². The van der Waals surface area contributed by atoms with Crippen LogP contribution >= 0.6 is 0 Å². The zero-order valence-corrected chi connectivity index (χ0v) is 16.9. The van der Waals surface area contributed by atoms with Crippen molar-refractivity contribution in [1.29, 1.82) is 0 Å². The lowest BCUT2D eigenvalue weighted by atomic mass is 10.0. The van der Waals surface area contributed by atoms with Crippen molar-refractivity contribution in [2.75, 3.05) is 39.4 Å². The number of ether oxygens (including phenoxy) is 1.